The molecule has 22 heavy (non-hydrogen) atoms. The number of hydrogen-bond donors (Lipinski definition) is 0. The molecule has 0 amide bonds. The standard InChI is InChI=1S/C20H28O2/c1-13(2)14-6-7-16-15(10-14)17(22)11-18-19(3,12-21)8-5-9-20(16,18)4/h10,12-13,18H,5-9,11H2,1-4H3/t18-,19-,20-/m1/s1. The molecule has 0 aromatic carbocycles. The lowest BCUT2D eigenvalue weighted by molar-refractivity contribution is -0.130. The first kappa shape index (κ1) is 15.7. The molecule has 0 aliphatic heterocycles. The summed E-state index contributed by atoms with van der Waals surface area (Å²) in [4.78, 5) is 24.5. The van der Waals surface area contributed by atoms with E-state index in [1.54, 1.807) is 0 Å². The molecule has 2 heteroatoms. The van der Waals surface area contributed by atoms with Gasteiger partial charge in [-0.3, -0.25) is 4.79 Å². The van der Waals surface area contributed by atoms with E-state index >= 15 is 0 Å². The molecule has 2 nitrogen and oxygen atoms in total. The van der Waals surface area contributed by atoms with Crippen LogP contribution in [-0.2, 0) is 9.59 Å². The van der Waals surface area contributed by atoms with Gasteiger partial charge in [-0.1, -0.05) is 51.3 Å². The van der Waals surface area contributed by atoms with Crippen molar-refractivity contribution in [3.63, 3.8) is 0 Å². The van der Waals surface area contributed by atoms with Gasteiger partial charge in [0.15, 0.2) is 5.78 Å². The van der Waals surface area contributed by atoms with E-state index in [1.165, 1.54) is 11.1 Å². The third-order valence-corrected chi connectivity index (χ3v) is 6.69. The highest BCUT2D eigenvalue weighted by Gasteiger charge is 2.54. The quantitative estimate of drug-likeness (QED) is 0.696. The minimum Gasteiger partial charge on any atom is -0.303 e. The van der Waals surface area contributed by atoms with Crippen LogP contribution in [0.4, 0.5) is 0 Å². The number of Topliss-reactive ketones (excluding diaryl/α,β-unsaturated/α-hetero) is 1. The second-order valence-electron chi connectivity index (χ2n) is 8.34. The van der Waals surface area contributed by atoms with E-state index in [0.29, 0.717) is 12.3 Å². The number of allylic oxidation sites excluding steroid dienone is 4. The van der Waals surface area contributed by atoms with Crippen LogP contribution in [-0.4, -0.2) is 12.1 Å². The fraction of sp³-hybridized carbons (Fsp3) is 0.700. The molecule has 0 bridgehead atoms. The second kappa shape index (κ2) is 5.18. The van der Waals surface area contributed by atoms with Crippen molar-refractivity contribution in [2.24, 2.45) is 22.7 Å². The Hall–Kier alpha value is -1.18. The molecule has 0 spiro atoms. The Morgan fingerprint density at radius 2 is 1.95 bits per heavy atom. The molecule has 3 aliphatic rings. The van der Waals surface area contributed by atoms with E-state index in [-0.39, 0.29) is 22.5 Å². The highest BCUT2D eigenvalue weighted by molar-refractivity contribution is 6.01. The lowest BCUT2D eigenvalue weighted by Crippen LogP contribution is -2.49. The minimum atomic E-state index is -0.330. The van der Waals surface area contributed by atoms with Crippen LogP contribution in [0.15, 0.2) is 22.8 Å². The van der Waals surface area contributed by atoms with Crippen LogP contribution >= 0.6 is 0 Å². The van der Waals surface area contributed by atoms with E-state index in [2.05, 4.69) is 33.8 Å². The van der Waals surface area contributed by atoms with Gasteiger partial charge in [-0.2, -0.15) is 0 Å². The molecular formula is C20H28O2. The van der Waals surface area contributed by atoms with Gasteiger partial charge in [0, 0.05) is 17.4 Å². The Morgan fingerprint density at radius 3 is 2.59 bits per heavy atom. The maximum atomic E-state index is 12.8. The number of carbonyl (C=O) groups is 2. The molecule has 3 atom stereocenters. The lowest BCUT2D eigenvalue weighted by Gasteiger charge is -2.54. The van der Waals surface area contributed by atoms with Crippen LogP contribution in [0.2, 0.25) is 0 Å². The first-order valence-electron chi connectivity index (χ1n) is 8.75. The fourth-order valence-electron chi connectivity index (χ4n) is 5.21. The molecule has 0 unspecified atom stereocenters. The third kappa shape index (κ3) is 2.14. The average molecular weight is 300 g/mol. The predicted octanol–water partition coefficient (Wildman–Crippen LogP) is 4.64. The first-order valence-corrected chi connectivity index (χ1v) is 8.75. The van der Waals surface area contributed by atoms with Crippen LogP contribution in [0.3, 0.4) is 0 Å². The van der Waals surface area contributed by atoms with Crippen molar-refractivity contribution in [1.82, 2.24) is 0 Å². The highest BCUT2D eigenvalue weighted by Crippen LogP contribution is 2.60. The predicted molar refractivity (Wildman–Crippen MR) is 88.4 cm³/mol. The van der Waals surface area contributed by atoms with Crippen molar-refractivity contribution in [3.8, 4) is 0 Å². The fourth-order valence-corrected chi connectivity index (χ4v) is 5.21. The van der Waals surface area contributed by atoms with Gasteiger partial charge in [-0.25, -0.2) is 0 Å². The molecular weight excluding hydrogens is 272 g/mol. The zero-order chi connectivity index (χ0) is 16.1. The molecule has 0 heterocycles. The van der Waals surface area contributed by atoms with Crippen molar-refractivity contribution < 1.29 is 9.59 Å². The van der Waals surface area contributed by atoms with E-state index in [4.69, 9.17) is 0 Å². The maximum absolute atomic E-state index is 12.8. The summed E-state index contributed by atoms with van der Waals surface area (Å²) >= 11 is 0. The molecule has 3 rings (SSSR count). The van der Waals surface area contributed by atoms with Gasteiger partial charge in [0.2, 0.25) is 0 Å². The van der Waals surface area contributed by atoms with Crippen LogP contribution in [0, 0.1) is 22.7 Å². The van der Waals surface area contributed by atoms with Gasteiger partial charge < -0.3 is 4.79 Å². The lowest BCUT2D eigenvalue weighted by atomic mass is 9.49. The van der Waals surface area contributed by atoms with Crippen molar-refractivity contribution in [2.45, 2.75) is 66.2 Å². The number of aldehydes is 1. The van der Waals surface area contributed by atoms with Crippen molar-refractivity contribution in [3.05, 3.63) is 22.8 Å². The largest absolute Gasteiger partial charge is 0.303 e. The smallest absolute Gasteiger partial charge is 0.163 e. The topological polar surface area (TPSA) is 34.1 Å². The molecule has 1 saturated carbocycles. The molecule has 120 valence electrons. The molecule has 1 fully saturated rings. The van der Waals surface area contributed by atoms with Gasteiger partial charge in [0.25, 0.3) is 0 Å². The van der Waals surface area contributed by atoms with Crippen LogP contribution in [0.5, 0.6) is 0 Å². The van der Waals surface area contributed by atoms with Crippen molar-refractivity contribution >= 4 is 12.1 Å². The monoisotopic (exact) mass is 300 g/mol. The summed E-state index contributed by atoms with van der Waals surface area (Å²) in [7, 11) is 0. The normalized spacial score (nSPS) is 38.5. The molecule has 0 aromatic rings. The van der Waals surface area contributed by atoms with Gasteiger partial charge in [0.05, 0.1) is 0 Å². The number of ketones is 1. The second-order valence-corrected chi connectivity index (χ2v) is 8.34. The summed E-state index contributed by atoms with van der Waals surface area (Å²) in [5.74, 6) is 0.968. The van der Waals surface area contributed by atoms with Crippen molar-refractivity contribution in [2.75, 3.05) is 0 Å². The third-order valence-electron chi connectivity index (χ3n) is 6.69. The van der Waals surface area contributed by atoms with E-state index in [9.17, 15) is 9.59 Å². The summed E-state index contributed by atoms with van der Waals surface area (Å²) in [6, 6.07) is 0. The number of fused-ring (bicyclic) bond motifs is 2. The Balaban J connectivity index is 2.10. The minimum absolute atomic E-state index is 0.0379. The molecule has 0 saturated heterocycles. The van der Waals surface area contributed by atoms with Crippen LogP contribution in [0.1, 0.15) is 66.2 Å². The van der Waals surface area contributed by atoms with Crippen LogP contribution < -0.4 is 0 Å². The summed E-state index contributed by atoms with van der Waals surface area (Å²) in [6.07, 6.45) is 9.08. The van der Waals surface area contributed by atoms with E-state index in [1.807, 2.05) is 0 Å². The SMILES string of the molecule is CC(C)C1=CC2=C(CC1)[C@@]1(C)CCC[C@](C)(C=O)[C@H]1CC2=O. The molecule has 0 aromatic heterocycles. The summed E-state index contributed by atoms with van der Waals surface area (Å²) in [5.41, 5.74) is 3.46. The van der Waals surface area contributed by atoms with Crippen molar-refractivity contribution in [1.29, 1.82) is 0 Å². The zero-order valence-corrected chi connectivity index (χ0v) is 14.4. The summed E-state index contributed by atoms with van der Waals surface area (Å²) in [5, 5.41) is 0. The molecule has 3 aliphatic carbocycles. The Morgan fingerprint density at radius 1 is 1.23 bits per heavy atom. The van der Waals surface area contributed by atoms with Gasteiger partial charge in [0.1, 0.15) is 6.29 Å². The highest BCUT2D eigenvalue weighted by atomic mass is 16.1. The molecule has 0 radical (unpaired) electrons. The van der Waals surface area contributed by atoms with Gasteiger partial charge >= 0.3 is 0 Å². The Bertz CT molecular complexity index is 581. The first-order chi connectivity index (χ1) is 10.3. The molecule has 0 N–H and O–H groups in total. The summed E-state index contributed by atoms with van der Waals surface area (Å²) in [6.45, 7) is 8.80. The Labute approximate surface area is 134 Å². The van der Waals surface area contributed by atoms with E-state index in [0.717, 1.165) is 44.0 Å². The number of carbonyl (C=O) groups excluding carboxylic acids is 2. The number of rotatable bonds is 2. The Kier molecular flexibility index (Phi) is 3.70. The average Bonchev–Trinajstić information content (AvgIpc) is 2.49. The maximum Gasteiger partial charge on any atom is 0.163 e. The van der Waals surface area contributed by atoms with Gasteiger partial charge in [-0.15, -0.1) is 0 Å². The van der Waals surface area contributed by atoms with Crippen LogP contribution in [0.25, 0.3) is 0 Å². The number of hydrogen-bond acceptors (Lipinski definition) is 2. The van der Waals surface area contributed by atoms with E-state index < -0.39 is 0 Å². The van der Waals surface area contributed by atoms with Gasteiger partial charge in [-0.05, 0) is 42.9 Å². The zero-order valence-electron chi connectivity index (χ0n) is 14.4. The summed E-state index contributed by atoms with van der Waals surface area (Å²) < 4.78 is 0.